The Kier molecular flexibility index (Phi) is 6.87. The fraction of sp³-hybridized carbons (Fsp3) is 0.632. The molecule has 1 aliphatic heterocycles. The molecule has 0 N–H and O–H groups in total. The van der Waals surface area contributed by atoms with E-state index < -0.39 is 9.84 Å². The van der Waals surface area contributed by atoms with Crippen LogP contribution in [0.2, 0.25) is 0 Å². The summed E-state index contributed by atoms with van der Waals surface area (Å²) < 4.78 is 29.2. The number of rotatable bonds is 8. The molecule has 1 atom stereocenters. The highest BCUT2D eigenvalue weighted by Gasteiger charge is 2.35. The summed E-state index contributed by atoms with van der Waals surface area (Å²) in [5.74, 6) is 1.18. The van der Waals surface area contributed by atoms with Crippen LogP contribution in [0.25, 0.3) is 0 Å². The molecule has 6 heteroatoms. The minimum absolute atomic E-state index is 0.0731. The molecule has 1 amide bonds. The quantitative estimate of drug-likeness (QED) is 0.662. The summed E-state index contributed by atoms with van der Waals surface area (Å²) in [5, 5.41) is 0. The van der Waals surface area contributed by atoms with E-state index in [1.807, 2.05) is 26.0 Å². The third kappa shape index (κ3) is 5.73. The summed E-state index contributed by atoms with van der Waals surface area (Å²) in [4.78, 5) is 14.7. The van der Waals surface area contributed by atoms with Crippen LogP contribution >= 0.6 is 0 Å². The van der Waals surface area contributed by atoms with Crippen LogP contribution in [-0.2, 0) is 9.84 Å². The summed E-state index contributed by atoms with van der Waals surface area (Å²) in [6, 6.07) is 6.92. The number of carbonyl (C=O) groups is 1. The number of carbonyl (C=O) groups excluding carboxylic acids is 1. The molecule has 0 unspecified atom stereocenters. The highest BCUT2D eigenvalue weighted by molar-refractivity contribution is 7.91. The number of hydrogen-bond donors (Lipinski definition) is 0. The molecule has 1 heterocycles. The summed E-state index contributed by atoms with van der Waals surface area (Å²) in [7, 11) is -3.03. The van der Waals surface area contributed by atoms with Crippen molar-refractivity contribution in [1.29, 1.82) is 0 Å². The monoisotopic (exact) mass is 367 g/mol. The normalized spacial score (nSPS) is 19.1. The molecule has 0 spiro atoms. The summed E-state index contributed by atoms with van der Waals surface area (Å²) in [5.41, 5.74) is 0.577. The van der Waals surface area contributed by atoms with Gasteiger partial charge in [-0.1, -0.05) is 27.2 Å². The average Bonchev–Trinajstić information content (AvgIpc) is 2.92. The Bertz CT molecular complexity index is 667. The van der Waals surface area contributed by atoms with Gasteiger partial charge in [-0.15, -0.1) is 0 Å². The smallest absolute Gasteiger partial charge is 0.254 e. The molecule has 1 fully saturated rings. The Labute approximate surface area is 151 Å². The average molecular weight is 368 g/mol. The van der Waals surface area contributed by atoms with Crippen LogP contribution in [0.1, 0.15) is 50.4 Å². The molecule has 1 aliphatic rings. The molecular formula is C19H29NO4S. The third-order valence-corrected chi connectivity index (χ3v) is 6.09. The van der Waals surface area contributed by atoms with E-state index in [0.717, 1.165) is 18.6 Å². The number of hydrogen-bond acceptors (Lipinski definition) is 4. The molecule has 140 valence electrons. The number of nitrogens with zero attached hydrogens (tertiary/aromatic N) is 1. The fourth-order valence-electron chi connectivity index (χ4n) is 3.01. The van der Waals surface area contributed by atoms with Crippen LogP contribution in [0.5, 0.6) is 5.75 Å². The van der Waals surface area contributed by atoms with Crippen LogP contribution < -0.4 is 4.74 Å². The van der Waals surface area contributed by atoms with Crippen LogP contribution in [-0.4, -0.2) is 49.9 Å². The van der Waals surface area contributed by atoms with Gasteiger partial charge in [-0.25, -0.2) is 8.42 Å². The van der Waals surface area contributed by atoms with Crippen molar-refractivity contribution in [3.8, 4) is 5.75 Å². The predicted molar refractivity (Wildman–Crippen MR) is 99.8 cm³/mol. The first-order chi connectivity index (χ1) is 11.8. The SMILES string of the molecule is CCCCOc1ccc(C(=O)N(CC(C)C)[C@@H]2CCS(=O)(=O)C2)cc1. The first-order valence-electron chi connectivity index (χ1n) is 9.06. The van der Waals surface area contributed by atoms with E-state index in [2.05, 4.69) is 6.92 Å². The largest absolute Gasteiger partial charge is 0.494 e. The molecular weight excluding hydrogens is 338 g/mol. The summed E-state index contributed by atoms with van der Waals surface area (Å²) >= 11 is 0. The fourth-order valence-corrected chi connectivity index (χ4v) is 4.74. The van der Waals surface area contributed by atoms with Gasteiger partial charge in [-0.05, 0) is 43.0 Å². The Balaban J connectivity index is 2.10. The van der Waals surface area contributed by atoms with Gasteiger partial charge in [0.25, 0.3) is 5.91 Å². The number of benzene rings is 1. The van der Waals surface area contributed by atoms with Crippen LogP contribution in [0.3, 0.4) is 0 Å². The number of unbranched alkanes of at least 4 members (excludes halogenated alkanes) is 1. The molecule has 0 radical (unpaired) electrons. The van der Waals surface area contributed by atoms with Crippen molar-refractivity contribution in [3.05, 3.63) is 29.8 Å². The summed E-state index contributed by atoms with van der Waals surface area (Å²) in [6.45, 7) is 7.41. The van der Waals surface area contributed by atoms with Crippen molar-refractivity contribution in [2.75, 3.05) is 24.7 Å². The number of ether oxygens (including phenoxy) is 1. The zero-order valence-corrected chi connectivity index (χ0v) is 16.2. The lowest BCUT2D eigenvalue weighted by Gasteiger charge is -2.30. The maximum absolute atomic E-state index is 12.9. The Hall–Kier alpha value is -1.56. The van der Waals surface area contributed by atoms with Gasteiger partial charge in [0, 0.05) is 18.2 Å². The van der Waals surface area contributed by atoms with E-state index in [4.69, 9.17) is 4.74 Å². The molecule has 2 rings (SSSR count). The van der Waals surface area contributed by atoms with Crippen molar-refractivity contribution < 1.29 is 17.9 Å². The molecule has 0 saturated carbocycles. The topological polar surface area (TPSA) is 63.7 Å². The van der Waals surface area contributed by atoms with Gasteiger partial charge >= 0.3 is 0 Å². The summed E-state index contributed by atoms with van der Waals surface area (Å²) in [6.07, 6.45) is 2.60. The zero-order chi connectivity index (χ0) is 18.4. The molecule has 1 aromatic carbocycles. The minimum atomic E-state index is -3.03. The van der Waals surface area contributed by atoms with E-state index in [1.54, 1.807) is 17.0 Å². The second kappa shape index (κ2) is 8.70. The van der Waals surface area contributed by atoms with Crippen molar-refractivity contribution in [3.63, 3.8) is 0 Å². The van der Waals surface area contributed by atoms with E-state index in [-0.39, 0.29) is 29.4 Å². The van der Waals surface area contributed by atoms with Crippen LogP contribution in [0.4, 0.5) is 0 Å². The predicted octanol–water partition coefficient (Wildman–Crippen LogP) is 3.15. The first-order valence-corrected chi connectivity index (χ1v) is 10.9. The lowest BCUT2D eigenvalue weighted by atomic mass is 10.1. The number of sulfone groups is 1. The maximum Gasteiger partial charge on any atom is 0.254 e. The van der Waals surface area contributed by atoms with E-state index in [9.17, 15) is 13.2 Å². The van der Waals surface area contributed by atoms with Gasteiger partial charge in [0.2, 0.25) is 0 Å². The van der Waals surface area contributed by atoms with Gasteiger partial charge in [0.15, 0.2) is 9.84 Å². The van der Waals surface area contributed by atoms with Gasteiger partial charge in [0.1, 0.15) is 5.75 Å². The lowest BCUT2D eigenvalue weighted by Crippen LogP contribution is -2.43. The van der Waals surface area contributed by atoms with Crippen molar-refractivity contribution in [2.24, 2.45) is 5.92 Å². The zero-order valence-electron chi connectivity index (χ0n) is 15.4. The highest BCUT2D eigenvalue weighted by Crippen LogP contribution is 2.22. The van der Waals surface area contributed by atoms with Gasteiger partial charge < -0.3 is 9.64 Å². The van der Waals surface area contributed by atoms with Gasteiger partial charge in [-0.2, -0.15) is 0 Å². The molecule has 0 aliphatic carbocycles. The van der Waals surface area contributed by atoms with E-state index in [1.165, 1.54) is 0 Å². The maximum atomic E-state index is 12.9. The van der Waals surface area contributed by atoms with Crippen molar-refractivity contribution in [1.82, 2.24) is 4.90 Å². The minimum Gasteiger partial charge on any atom is -0.494 e. The van der Waals surface area contributed by atoms with E-state index in [0.29, 0.717) is 25.1 Å². The van der Waals surface area contributed by atoms with Crippen molar-refractivity contribution >= 4 is 15.7 Å². The molecule has 25 heavy (non-hydrogen) atoms. The standard InChI is InChI=1S/C19H29NO4S/c1-4-5-11-24-18-8-6-16(7-9-18)19(21)20(13-15(2)3)17-10-12-25(22,23)14-17/h6-9,15,17H,4-5,10-14H2,1-3H3/t17-/m1/s1. The van der Waals surface area contributed by atoms with Crippen LogP contribution in [0.15, 0.2) is 24.3 Å². The second-order valence-electron chi connectivity index (χ2n) is 7.13. The van der Waals surface area contributed by atoms with Crippen molar-refractivity contribution in [2.45, 2.75) is 46.1 Å². The highest BCUT2D eigenvalue weighted by atomic mass is 32.2. The molecule has 1 saturated heterocycles. The molecule has 0 aromatic heterocycles. The van der Waals surface area contributed by atoms with Crippen LogP contribution in [0, 0.1) is 5.92 Å². The van der Waals surface area contributed by atoms with Gasteiger partial charge in [0.05, 0.1) is 18.1 Å². The Morgan fingerprint density at radius 3 is 2.48 bits per heavy atom. The number of amides is 1. The molecule has 5 nitrogen and oxygen atoms in total. The van der Waals surface area contributed by atoms with Gasteiger partial charge in [-0.3, -0.25) is 4.79 Å². The Morgan fingerprint density at radius 2 is 1.96 bits per heavy atom. The Morgan fingerprint density at radius 1 is 1.28 bits per heavy atom. The second-order valence-corrected chi connectivity index (χ2v) is 9.36. The molecule has 0 bridgehead atoms. The van der Waals surface area contributed by atoms with E-state index >= 15 is 0 Å². The molecule has 1 aromatic rings. The first kappa shape index (κ1) is 19.8. The lowest BCUT2D eigenvalue weighted by molar-refractivity contribution is 0.0672. The third-order valence-electron chi connectivity index (χ3n) is 4.34.